The van der Waals surface area contributed by atoms with Crippen molar-refractivity contribution in [2.24, 2.45) is 4.99 Å². The Morgan fingerprint density at radius 2 is 1.88 bits per heavy atom. The number of imide groups is 1. The van der Waals surface area contributed by atoms with Crippen LogP contribution in [-0.4, -0.2) is 60.2 Å². The molecule has 1 saturated heterocycles. The van der Waals surface area contributed by atoms with Gasteiger partial charge in [0.25, 0.3) is 11.8 Å². The first-order valence-corrected chi connectivity index (χ1v) is 10.9. The fourth-order valence-corrected chi connectivity index (χ4v) is 4.57. The summed E-state index contributed by atoms with van der Waals surface area (Å²) in [6, 6.07) is 11.9. The van der Waals surface area contributed by atoms with E-state index in [9.17, 15) is 14.4 Å². The van der Waals surface area contributed by atoms with E-state index in [0.717, 1.165) is 45.1 Å². The predicted octanol–water partition coefficient (Wildman–Crippen LogP) is 2.92. The minimum absolute atomic E-state index is 0.118. The zero-order chi connectivity index (χ0) is 22.1. The summed E-state index contributed by atoms with van der Waals surface area (Å²) in [6.07, 6.45) is 1.01. The van der Waals surface area contributed by atoms with E-state index in [4.69, 9.17) is 9.72 Å². The van der Waals surface area contributed by atoms with E-state index in [0.29, 0.717) is 24.5 Å². The highest BCUT2D eigenvalue weighted by Crippen LogP contribution is 2.31. The van der Waals surface area contributed by atoms with E-state index in [1.54, 1.807) is 35.6 Å². The molecule has 10 heteroatoms. The lowest BCUT2D eigenvalue weighted by Crippen LogP contribution is -2.36. The maximum Gasteiger partial charge on any atom is 0.350 e. The monoisotopic (exact) mass is 449 g/mol. The predicted molar refractivity (Wildman–Crippen MR) is 121 cm³/mol. The van der Waals surface area contributed by atoms with Crippen LogP contribution in [0.2, 0.25) is 0 Å². The largest absolute Gasteiger partial charge is 0.378 e. The molecule has 1 aromatic heterocycles. The number of hydrogen-bond acceptors (Lipinski definition) is 7. The first-order valence-electron chi connectivity index (χ1n) is 10.1. The van der Waals surface area contributed by atoms with Crippen LogP contribution in [-0.2, 0) is 16.1 Å². The number of carbonyl (C=O) groups is 3. The third-order valence-electron chi connectivity index (χ3n) is 5.26. The number of nitrogens with zero attached hydrogens (tertiary/aromatic N) is 4. The molecule has 0 atom stereocenters. The number of hydrogen-bond donors (Lipinski definition) is 1. The van der Waals surface area contributed by atoms with Gasteiger partial charge >= 0.3 is 6.03 Å². The molecule has 9 nitrogen and oxygen atoms in total. The smallest absolute Gasteiger partial charge is 0.350 e. The van der Waals surface area contributed by atoms with Crippen LogP contribution in [0.3, 0.4) is 0 Å². The lowest BCUT2D eigenvalue weighted by Gasteiger charge is -2.25. The second kappa shape index (κ2) is 8.48. The summed E-state index contributed by atoms with van der Waals surface area (Å²) in [6.45, 7) is 3.18. The van der Waals surface area contributed by atoms with E-state index in [1.807, 2.05) is 18.2 Å². The summed E-state index contributed by atoms with van der Waals surface area (Å²) in [5.41, 5.74) is 2.79. The molecule has 2 aliphatic heterocycles. The van der Waals surface area contributed by atoms with Gasteiger partial charge in [-0.2, -0.15) is 4.99 Å². The van der Waals surface area contributed by atoms with Gasteiger partial charge in [-0.25, -0.2) is 9.78 Å². The van der Waals surface area contributed by atoms with Gasteiger partial charge in [-0.3, -0.25) is 14.5 Å². The fraction of sp³-hybridized carbons (Fsp3) is 0.227. The number of fused-ring (bicyclic) bond motifs is 1. The average Bonchev–Trinajstić information content (AvgIpc) is 3.38. The van der Waals surface area contributed by atoms with Crippen molar-refractivity contribution in [1.29, 1.82) is 0 Å². The summed E-state index contributed by atoms with van der Waals surface area (Å²) in [7, 11) is 0. The molecule has 32 heavy (non-hydrogen) atoms. The molecule has 0 spiro atoms. The maximum atomic E-state index is 12.7. The lowest BCUT2D eigenvalue weighted by molar-refractivity contribution is -0.120. The first kappa shape index (κ1) is 20.3. The van der Waals surface area contributed by atoms with Gasteiger partial charge in [0.2, 0.25) is 0 Å². The first-order chi connectivity index (χ1) is 15.6. The number of anilines is 2. The number of amides is 4. The summed E-state index contributed by atoms with van der Waals surface area (Å²) in [4.78, 5) is 47.3. The molecule has 2 aliphatic rings. The molecule has 1 fully saturated rings. The molecule has 162 valence electrons. The summed E-state index contributed by atoms with van der Waals surface area (Å²) < 4.78 is 6.40. The Morgan fingerprint density at radius 1 is 1.09 bits per heavy atom. The van der Waals surface area contributed by atoms with Crippen molar-refractivity contribution in [3.63, 3.8) is 0 Å². The van der Waals surface area contributed by atoms with Crippen molar-refractivity contribution in [1.82, 2.24) is 9.88 Å². The van der Waals surface area contributed by atoms with Crippen LogP contribution < -0.4 is 10.2 Å². The molecule has 2 aromatic carbocycles. The number of benzene rings is 2. The maximum absolute atomic E-state index is 12.7. The van der Waals surface area contributed by atoms with Gasteiger partial charge in [-0.05, 0) is 35.9 Å². The van der Waals surface area contributed by atoms with Crippen LogP contribution in [0.25, 0.3) is 10.2 Å². The SMILES string of the molecule is O=C(Nc1ccc2nc(N3CCOCC3)sc2c1)c1ccc(CN2C(=O)C=NC2=O)cc1. The topological polar surface area (TPSA) is 104 Å². The number of thiazole rings is 1. The third-order valence-corrected chi connectivity index (χ3v) is 6.33. The number of aliphatic imine (C=N–C) groups is 1. The molecule has 0 aliphatic carbocycles. The van der Waals surface area contributed by atoms with Crippen LogP contribution in [0.15, 0.2) is 47.5 Å². The van der Waals surface area contributed by atoms with Gasteiger partial charge in [0.05, 0.1) is 36.2 Å². The Morgan fingerprint density at radius 3 is 2.59 bits per heavy atom. The molecular weight excluding hydrogens is 430 g/mol. The molecule has 3 heterocycles. The quantitative estimate of drug-likeness (QED) is 0.642. The fourth-order valence-electron chi connectivity index (χ4n) is 3.52. The van der Waals surface area contributed by atoms with Crippen LogP contribution in [0.4, 0.5) is 15.6 Å². The van der Waals surface area contributed by atoms with Gasteiger partial charge < -0.3 is 15.0 Å². The van der Waals surface area contributed by atoms with Crippen molar-refractivity contribution in [2.75, 3.05) is 36.5 Å². The van der Waals surface area contributed by atoms with Gasteiger partial charge in [0.1, 0.15) is 0 Å². The Bertz CT molecular complexity index is 1210. The molecule has 4 amide bonds. The molecule has 1 N–H and O–H groups in total. The number of ether oxygens (including phenoxy) is 1. The van der Waals surface area contributed by atoms with Crippen molar-refractivity contribution in [3.05, 3.63) is 53.6 Å². The normalized spacial score (nSPS) is 16.2. The molecule has 0 radical (unpaired) electrons. The second-order valence-electron chi connectivity index (χ2n) is 7.39. The summed E-state index contributed by atoms with van der Waals surface area (Å²) in [5, 5.41) is 3.87. The minimum atomic E-state index is -0.577. The molecule has 3 aromatic rings. The Labute approximate surface area is 187 Å². The van der Waals surface area contributed by atoms with Crippen LogP contribution in [0.1, 0.15) is 15.9 Å². The summed E-state index contributed by atoms with van der Waals surface area (Å²) in [5.74, 6) is -0.683. The van der Waals surface area contributed by atoms with Gasteiger partial charge in [0, 0.05) is 24.3 Å². The van der Waals surface area contributed by atoms with Crippen LogP contribution in [0, 0.1) is 0 Å². The number of carbonyl (C=O) groups excluding carboxylic acids is 3. The molecule has 5 rings (SSSR count). The lowest BCUT2D eigenvalue weighted by atomic mass is 10.1. The zero-order valence-electron chi connectivity index (χ0n) is 17.0. The van der Waals surface area contributed by atoms with Gasteiger partial charge in [-0.1, -0.05) is 23.5 Å². The molecule has 0 saturated carbocycles. The van der Waals surface area contributed by atoms with Gasteiger partial charge in [0.15, 0.2) is 5.13 Å². The third kappa shape index (κ3) is 4.10. The number of nitrogens with one attached hydrogen (secondary N) is 1. The molecular formula is C22H19N5O4S. The van der Waals surface area contributed by atoms with E-state index in [1.165, 1.54) is 0 Å². The molecule has 0 bridgehead atoms. The van der Waals surface area contributed by atoms with E-state index >= 15 is 0 Å². The van der Waals surface area contributed by atoms with Crippen molar-refractivity contribution in [3.8, 4) is 0 Å². The van der Waals surface area contributed by atoms with E-state index in [2.05, 4.69) is 15.2 Å². The number of aromatic nitrogens is 1. The number of urea groups is 1. The van der Waals surface area contributed by atoms with E-state index < -0.39 is 11.9 Å². The van der Waals surface area contributed by atoms with Crippen LogP contribution >= 0.6 is 11.3 Å². The Kier molecular flexibility index (Phi) is 5.38. The summed E-state index contributed by atoms with van der Waals surface area (Å²) >= 11 is 1.60. The van der Waals surface area contributed by atoms with E-state index in [-0.39, 0.29) is 12.5 Å². The Hall–Kier alpha value is -3.63. The zero-order valence-corrected chi connectivity index (χ0v) is 17.8. The highest BCUT2D eigenvalue weighted by atomic mass is 32.1. The average molecular weight is 449 g/mol. The van der Waals surface area contributed by atoms with Crippen molar-refractivity contribution < 1.29 is 19.1 Å². The van der Waals surface area contributed by atoms with Gasteiger partial charge in [-0.15, -0.1) is 0 Å². The molecule has 0 unspecified atom stereocenters. The Balaban J connectivity index is 1.26. The highest BCUT2D eigenvalue weighted by Gasteiger charge is 2.25. The standard InChI is InChI=1S/C22H19N5O4S/c28-19-12-23-21(30)27(19)13-14-1-3-15(4-2-14)20(29)24-16-5-6-17-18(11-16)32-22(25-17)26-7-9-31-10-8-26/h1-6,11-12H,7-10,13H2,(H,24,29). The highest BCUT2D eigenvalue weighted by molar-refractivity contribution is 7.22. The number of morpholine rings is 1. The second-order valence-corrected chi connectivity index (χ2v) is 8.40. The van der Waals surface area contributed by atoms with Crippen molar-refractivity contribution >= 4 is 56.4 Å². The minimum Gasteiger partial charge on any atom is -0.378 e. The van der Waals surface area contributed by atoms with Crippen LogP contribution in [0.5, 0.6) is 0 Å². The van der Waals surface area contributed by atoms with Crippen molar-refractivity contribution in [2.45, 2.75) is 6.54 Å². The number of rotatable bonds is 5.